The standard InChI is InChI=1S/C24H22N4O3/c1-3-17-6-12-20(13-7-17)28-24(31)21-5-4-14-25-23(21)27(28)15-22(30)26-19-10-8-18(9-11-19)16(2)29/h4-14H,3,15H2,1-2H3,(H,26,30). The number of pyridine rings is 1. The summed E-state index contributed by atoms with van der Waals surface area (Å²) >= 11 is 0. The summed E-state index contributed by atoms with van der Waals surface area (Å²) in [5, 5.41) is 3.26. The van der Waals surface area contributed by atoms with Gasteiger partial charge in [0.15, 0.2) is 11.4 Å². The van der Waals surface area contributed by atoms with Gasteiger partial charge in [0.25, 0.3) is 5.56 Å². The van der Waals surface area contributed by atoms with Crippen molar-refractivity contribution < 1.29 is 9.59 Å². The second-order valence-electron chi connectivity index (χ2n) is 7.25. The van der Waals surface area contributed by atoms with Crippen LogP contribution in [0.3, 0.4) is 0 Å². The minimum absolute atomic E-state index is 0.0409. The molecule has 1 N–H and O–H groups in total. The third kappa shape index (κ3) is 4.02. The van der Waals surface area contributed by atoms with Crippen LogP contribution < -0.4 is 10.9 Å². The van der Waals surface area contributed by atoms with Crippen molar-refractivity contribution in [1.82, 2.24) is 14.3 Å². The van der Waals surface area contributed by atoms with Crippen molar-refractivity contribution in [2.24, 2.45) is 0 Å². The van der Waals surface area contributed by atoms with E-state index in [1.54, 1.807) is 47.3 Å². The van der Waals surface area contributed by atoms with Gasteiger partial charge in [-0.2, -0.15) is 0 Å². The van der Waals surface area contributed by atoms with Gasteiger partial charge in [0.1, 0.15) is 6.54 Å². The zero-order valence-electron chi connectivity index (χ0n) is 17.3. The molecule has 0 fully saturated rings. The summed E-state index contributed by atoms with van der Waals surface area (Å²) < 4.78 is 3.06. The number of hydrogen-bond acceptors (Lipinski definition) is 4. The summed E-state index contributed by atoms with van der Waals surface area (Å²) in [4.78, 5) is 41.6. The Balaban J connectivity index is 1.69. The summed E-state index contributed by atoms with van der Waals surface area (Å²) in [7, 11) is 0. The number of ketones is 1. The zero-order valence-corrected chi connectivity index (χ0v) is 17.3. The predicted molar refractivity (Wildman–Crippen MR) is 120 cm³/mol. The number of amides is 1. The summed E-state index contributed by atoms with van der Waals surface area (Å²) in [5.74, 6) is -0.349. The van der Waals surface area contributed by atoms with E-state index in [9.17, 15) is 14.4 Å². The first-order valence-electron chi connectivity index (χ1n) is 10.0. The van der Waals surface area contributed by atoms with Crippen molar-refractivity contribution >= 4 is 28.4 Å². The van der Waals surface area contributed by atoms with E-state index >= 15 is 0 Å². The molecule has 2 aromatic heterocycles. The molecular formula is C24H22N4O3. The quantitative estimate of drug-likeness (QED) is 0.489. The summed E-state index contributed by atoms with van der Waals surface area (Å²) in [5.41, 5.74) is 3.17. The van der Waals surface area contributed by atoms with Crippen LogP contribution in [0.25, 0.3) is 16.7 Å². The zero-order chi connectivity index (χ0) is 22.0. The van der Waals surface area contributed by atoms with Crippen molar-refractivity contribution in [3.8, 4) is 5.69 Å². The molecule has 0 saturated carbocycles. The first-order valence-corrected chi connectivity index (χ1v) is 10.0. The highest BCUT2D eigenvalue weighted by atomic mass is 16.2. The molecule has 0 unspecified atom stereocenters. The molecule has 156 valence electrons. The number of benzene rings is 2. The number of nitrogens with one attached hydrogen (secondary N) is 1. The topological polar surface area (TPSA) is 86.0 Å². The van der Waals surface area contributed by atoms with Gasteiger partial charge in [0, 0.05) is 17.4 Å². The van der Waals surface area contributed by atoms with Gasteiger partial charge >= 0.3 is 0 Å². The van der Waals surface area contributed by atoms with Crippen LogP contribution in [0.15, 0.2) is 71.7 Å². The number of carbonyl (C=O) groups is 2. The Kier molecular flexibility index (Phi) is 5.49. The smallest absolute Gasteiger partial charge is 0.280 e. The molecule has 0 saturated heterocycles. The van der Waals surface area contributed by atoms with Gasteiger partial charge in [-0.05, 0) is 67.4 Å². The van der Waals surface area contributed by atoms with Gasteiger partial charge in [-0.15, -0.1) is 0 Å². The Morgan fingerprint density at radius 3 is 2.35 bits per heavy atom. The van der Waals surface area contributed by atoms with Gasteiger partial charge in [0.2, 0.25) is 5.91 Å². The average Bonchev–Trinajstić information content (AvgIpc) is 3.06. The van der Waals surface area contributed by atoms with Crippen LogP contribution in [0.2, 0.25) is 0 Å². The lowest BCUT2D eigenvalue weighted by atomic mass is 10.1. The molecule has 7 heteroatoms. The Morgan fingerprint density at radius 2 is 1.71 bits per heavy atom. The maximum Gasteiger partial charge on any atom is 0.280 e. The summed E-state index contributed by atoms with van der Waals surface area (Å²) in [6, 6.07) is 17.8. The maximum absolute atomic E-state index is 13.1. The first-order chi connectivity index (χ1) is 15.0. The SMILES string of the molecule is CCc1ccc(-n2c(=O)c3cccnc3n2CC(=O)Nc2ccc(C(C)=O)cc2)cc1. The fraction of sp³-hybridized carbons (Fsp3) is 0.167. The number of nitrogens with zero attached hydrogens (tertiary/aromatic N) is 3. The highest BCUT2D eigenvalue weighted by molar-refractivity contribution is 5.95. The molecule has 0 bridgehead atoms. The Morgan fingerprint density at radius 1 is 1.00 bits per heavy atom. The number of anilines is 1. The van der Waals surface area contributed by atoms with E-state index in [0.29, 0.717) is 28.0 Å². The Hall–Kier alpha value is -4.00. The van der Waals surface area contributed by atoms with E-state index in [2.05, 4.69) is 17.2 Å². The minimum atomic E-state index is -0.308. The molecule has 2 aromatic carbocycles. The molecule has 7 nitrogen and oxygen atoms in total. The molecule has 0 aliphatic carbocycles. The number of aryl methyl sites for hydroxylation is 1. The fourth-order valence-electron chi connectivity index (χ4n) is 3.49. The minimum Gasteiger partial charge on any atom is -0.324 e. The molecule has 0 aliphatic heterocycles. The summed E-state index contributed by atoms with van der Waals surface area (Å²) in [6.07, 6.45) is 2.49. The number of carbonyl (C=O) groups excluding carboxylic acids is 2. The van der Waals surface area contributed by atoms with E-state index in [0.717, 1.165) is 12.0 Å². The van der Waals surface area contributed by atoms with Gasteiger partial charge < -0.3 is 5.32 Å². The lowest BCUT2D eigenvalue weighted by molar-refractivity contribution is -0.116. The Bertz CT molecular complexity index is 1320. The second-order valence-corrected chi connectivity index (χ2v) is 7.25. The fourth-order valence-corrected chi connectivity index (χ4v) is 3.49. The van der Waals surface area contributed by atoms with Crippen LogP contribution in [0, 0.1) is 0 Å². The lowest BCUT2D eigenvalue weighted by Crippen LogP contribution is -2.27. The van der Waals surface area contributed by atoms with Crippen molar-refractivity contribution in [2.45, 2.75) is 26.8 Å². The van der Waals surface area contributed by atoms with Gasteiger partial charge in [-0.25, -0.2) is 9.67 Å². The van der Waals surface area contributed by atoms with E-state index in [1.165, 1.54) is 11.6 Å². The van der Waals surface area contributed by atoms with Crippen molar-refractivity contribution in [1.29, 1.82) is 0 Å². The van der Waals surface area contributed by atoms with Crippen LogP contribution >= 0.6 is 0 Å². The first kappa shape index (κ1) is 20.3. The van der Waals surface area contributed by atoms with Crippen LogP contribution in [0.5, 0.6) is 0 Å². The molecule has 0 aliphatic rings. The predicted octanol–water partition coefficient (Wildman–Crippen LogP) is 3.59. The number of fused-ring (bicyclic) bond motifs is 1. The molecule has 0 spiro atoms. The van der Waals surface area contributed by atoms with Crippen LogP contribution in [-0.2, 0) is 17.8 Å². The van der Waals surface area contributed by atoms with Crippen molar-refractivity contribution in [2.75, 3.05) is 5.32 Å². The maximum atomic E-state index is 13.1. The Labute approximate surface area is 178 Å². The van der Waals surface area contributed by atoms with E-state index in [-0.39, 0.29) is 23.8 Å². The van der Waals surface area contributed by atoms with E-state index in [4.69, 9.17) is 0 Å². The average molecular weight is 414 g/mol. The van der Waals surface area contributed by atoms with Gasteiger partial charge in [0.05, 0.1) is 11.1 Å². The molecule has 4 aromatic rings. The number of Topliss-reactive ketones (excluding diaryl/α,β-unsaturated/α-hetero) is 1. The molecular weight excluding hydrogens is 392 g/mol. The van der Waals surface area contributed by atoms with Crippen LogP contribution in [0.4, 0.5) is 5.69 Å². The second kappa shape index (κ2) is 8.39. The highest BCUT2D eigenvalue weighted by Crippen LogP contribution is 2.16. The monoisotopic (exact) mass is 414 g/mol. The molecule has 31 heavy (non-hydrogen) atoms. The van der Waals surface area contributed by atoms with Gasteiger partial charge in [-0.1, -0.05) is 19.1 Å². The molecule has 2 heterocycles. The molecule has 0 radical (unpaired) electrons. The van der Waals surface area contributed by atoms with Crippen LogP contribution in [-0.4, -0.2) is 26.0 Å². The number of aromatic nitrogens is 3. The lowest BCUT2D eigenvalue weighted by Gasteiger charge is -2.13. The molecule has 0 atom stereocenters. The summed E-state index contributed by atoms with van der Waals surface area (Å²) in [6.45, 7) is 3.46. The normalized spacial score (nSPS) is 10.9. The number of hydrogen-bond donors (Lipinski definition) is 1. The third-order valence-electron chi connectivity index (χ3n) is 5.15. The van der Waals surface area contributed by atoms with Crippen molar-refractivity contribution in [3.05, 3.63) is 88.3 Å². The molecule has 1 amide bonds. The molecule has 4 rings (SSSR count). The largest absolute Gasteiger partial charge is 0.324 e. The van der Waals surface area contributed by atoms with E-state index < -0.39 is 0 Å². The van der Waals surface area contributed by atoms with Gasteiger partial charge in [-0.3, -0.25) is 19.1 Å². The third-order valence-corrected chi connectivity index (χ3v) is 5.15. The van der Waals surface area contributed by atoms with Crippen LogP contribution in [0.1, 0.15) is 29.8 Å². The highest BCUT2D eigenvalue weighted by Gasteiger charge is 2.18. The number of rotatable bonds is 6. The van der Waals surface area contributed by atoms with E-state index in [1.807, 2.05) is 24.3 Å². The van der Waals surface area contributed by atoms with Crippen molar-refractivity contribution in [3.63, 3.8) is 0 Å².